The number of aromatic nitrogens is 4. The van der Waals surface area contributed by atoms with Gasteiger partial charge in [0.05, 0.1) is 61.6 Å². The summed E-state index contributed by atoms with van der Waals surface area (Å²) < 4.78 is 111. The van der Waals surface area contributed by atoms with Gasteiger partial charge in [0.25, 0.3) is 11.8 Å². The average Bonchev–Trinajstić information content (AvgIpc) is 1.48. The Balaban J connectivity index is 0.000000236. The number of carbonyl (C=O) groups excluding carboxylic acids is 6. The van der Waals surface area contributed by atoms with E-state index in [0.717, 1.165) is 12.8 Å². The Kier molecular flexibility index (Phi) is 23.0. The van der Waals surface area contributed by atoms with Crippen LogP contribution in [0, 0.1) is 34.5 Å². The molecule has 4 bridgehead atoms. The maximum Gasteiger partial charge on any atom is 0.408 e. The van der Waals surface area contributed by atoms with E-state index in [4.69, 9.17) is 37.9 Å². The van der Waals surface area contributed by atoms with Crippen LogP contribution < -0.4 is 29.6 Å². The van der Waals surface area contributed by atoms with Gasteiger partial charge in [0.15, 0.2) is 11.4 Å². The molecule has 3 saturated carbocycles. The van der Waals surface area contributed by atoms with Gasteiger partial charge in [0.1, 0.15) is 47.5 Å². The molecule has 2 aromatic carbocycles. The normalized spacial score (nSPS) is 31.2. The van der Waals surface area contributed by atoms with E-state index in [2.05, 4.69) is 30.6 Å². The van der Waals surface area contributed by atoms with Crippen LogP contribution >= 0.6 is 0 Å². The summed E-state index contributed by atoms with van der Waals surface area (Å²) in [5.41, 5.74) is -2.77. The number of hydrogen-bond donors (Lipinski definition) is 2. The Morgan fingerprint density at radius 3 is 1.53 bits per heavy atom. The summed E-state index contributed by atoms with van der Waals surface area (Å²) in [7, 11) is 2.97. The van der Waals surface area contributed by atoms with E-state index >= 15 is 17.6 Å². The molecule has 0 spiro atoms. The molecular weight excluding hydrogens is 1310 g/mol. The largest absolute Gasteiger partial charge is 0.540 e. The third kappa shape index (κ3) is 15.5. The number of benzene rings is 2. The third-order valence-corrected chi connectivity index (χ3v) is 19.2. The van der Waals surface area contributed by atoms with Crippen LogP contribution in [0.5, 0.6) is 23.3 Å². The Morgan fingerprint density at radius 1 is 0.617 bits per heavy atom. The number of methoxy groups -OCH3 is 2. The summed E-state index contributed by atoms with van der Waals surface area (Å²) >= 11 is 0. The molecule has 11 rings (SSSR count). The van der Waals surface area contributed by atoms with Gasteiger partial charge in [-0.05, 0) is 111 Å². The van der Waals surface area contributed by atoms with Crippen LogP contribution in [0.4, 0.5) is 27.2 Å². The van der Waals surface area contributed by atoms with Crippen molar-refractivity contribution in [3.05, 3.63) is 47.8 Å². The SMILES string of the molecule is CC[C@@H]1[C@@H]2CN(C(=O)[C@H](C(C)(C)C)NC(=O)O[C@@H]3CC4CC4[C@H]3OCCCC(F)(F)c3nc4ccc(OC)cc4nc3O2)[C@@H]1[C-]=O.CC[C@@H]1[C@@H]2CN(C(=O)[C@H](C(C)(C)C)NC(=O)O[C@]3(C)CCC[C@H]3OCCCC(F)(F)c3nc4ccc(OC)cc4nc3O2)[C@@H]1[C-]=O.[V].[V]. The van der Waals surface area contributed by atoms with Crippen LogP contribution in [0.2, 0.25) is 0 Å². The molecule has 2 N–H and O–H groups in total. The summed E-state index contributed by atoms with van der Waals surface area (Å²) in [5.74, 6) is -8.41. The van der Waals surface area contributed by atoms with E-state index < -0.39 is 143 Å². The molecule has 2 saturated heterocycles. The van der Waals surface area contributed by atoms with Crippen molar-refractivity contribution in [2.75, 3.05) is 40.5 Å². The predicted molar refractivity (Wildman–Crippen MR) is 325 cm³/mol. The van der Waals surface area contributed by atoms with Gasteiger partial charge >= 0.3 is 12.2 Å². The number of alkyl carbamates (subject to hydrolysis) is 2. The van der Waals surface area contributed by atoms with Crippen molar-refractivity contribution in [3.8, 4) is 23.3 Å². The summed E-state index contributed by atoms with van der Waals surface area (Å²) in [5, 5.41) is 5.51. The van der Waals surface area contributed by atoms with Gasteiger partial charge in [-0.3, -0.25) is 9.59 Å². The maximum absolute atomic E-state index is 16.0. The van der Waals surface area contributed by atoms with Crippen LogP contribution in [0.1, 0.15) is 144 Å². The molecule has 7 aliphatic rings. The number of halogens is 4. The Hall–Kier alpha value is -6.05. The zero-order valence-electron chi connectivity index (χ0n) is 54.9. The van der Waals surface area contributed by atoms with Gasteiger partial charge in [-0.15, -0.1) is 0 Å². The van der Waals surface area contributed by atoms with E-state index in [-0.39, 0.29) is 110 Å². The molecular formula is C66H84F4N8O14V2-2. The number of hydrogen-bond acceptors (Lipinski definition) is 18. The number of fused-ring (bicyclic) bond motifs is 12. The zero-order valence-corrected chi connectivity index (χ0v) is 57.7. The number of alkyl halides is 4. The van der Waals surface area contributed by atoms with E-state index in [9.17, 15) is 28.8 Å². The van der Waals surface area contributed by atoms with Crippen molar-refractivity contribution in [1.29, 1.82) is 0 Å². The first-order chi connectivity index (χ1) is 43.5. The molecule has 94 heavy (non-hydrogen) atoms. The first kappa shape index (κ1) is 73.8. The van der Waals surface area contributed by atoms with Gasteiger partial charge in [-0.2, -0.15) is 17.6 Å². The predicted octanol–water partition coefficient (Wildman–Crippen LogP) is 9.63. The summed E-state index contributed by atoms with van der Waals surface area (Å²) in [6.07, 6.45) is 2.07. The van der Waals surface area contributed by atoms with Crippen LogP contribution in [0.25, 0.3) is 22.1 Å². The number of amides is 4. The van der Waals surface area contributed by atoms with Gasteiger partial charge in [-0.1, -0.05) is 80.3 Å². The molecule has 4 amide bonds. The second-order valence-electron chi connectivity index (χ2n) is 27.7. The number of nitrogens with one attached hydrogen (secondary N) is 2. The monoisotopic (exact) mass is 1390 g/mol. The van der Waals surface area contributed by atoms with Gasteiger partial charge < -0.3 is 67.9 Å². The van der Waals surface area contributed by atoms with Crippen LogP contribution in [0.3, 0.4) is 0 Å². The fourth-order valence-corrected chi connectivity index (χ4v) is 14.0. The standard InChI is InChI=1S/C33H41F2N4O7.C33H43F2N4O7.2V/c1-6-19-23(16-40)39-15-25(19)45-29-27(36-21-9-8-18(43-5)14-22(21)37-29)33(34,35)10-7-11-44-26-20-12-17(20)13-24(26)46-31(42)38-28(30(39)41)32(2,3)4;1-7-20-23(18-40)39-17-24(20)45-28-26(36-21-12-11-19(43-6)16-22(21)37-28)33(34,35)14-9-15-44-25-10-8-13-32(25,5)46-30(42)38-27(29(39)41)31(2,3)4;;/h8-9,14,17,19-20,23-26,28H,6-7,10-13,15H2,1-5H3,(H,38,42);11-12,16,20,23-25,27H,7-10,13-15,17H2,1-6H3,(H,38,42);;/q2*-1;;/t17?,19-,20?,23+,24+,25-,26+,28+;20-,23+,24-,25+,27+,32+;;/m00../s1. The first-order valence-electron chi connectivity index (χ1n) is 31.9. The molecule has 4 aromatic rings. The van der Waals surface area contributed by atoms with Gasteiger partial charge in [0, 0.05) is 75.3 Å². The number of carbonyl (C=O) groups is 4. The third-order valence-electron chi connectivity index (χ3n) is 19.2. The number of nitrogens with zero attached hydrogens (tertiary/aromatic N) is 6. The molecule has 512 valence electrons. The minimum atomic E-state index is -3.45. The fourth-order valence-electron chi connectivity index (χ4n) is 14.0. The Labute approximate surface area is 568 Å². The smallest absolute Gasteiger partial charge is 0.408 e. The molecule has 6 heterocycles. The topological polar surface area (TPSA) is 258 Å². The van der Waals surface area contributed by atoms with Crippen molar-refractivity contribution in [2.45, 2.75) is 205 Å². The Morgan fingerprint density at radius 2 is 1.09 bits per heavy atom. The van der Waals surface area contributed by atoms with E-state index in [1.807, 2.05) is 26.4 Å². The second-order valence-corrected chi connectivity index (χ2v) is 27.7. The van der Waals surface area contributed by atoms with Crippen molar-refractivity contribution < 1.29 is 121 Å². The van der Waals surface area contributed by atoms with E-state index in [1.165, 1.54) is 24.0 Å². The summed E-state index contributed by atoms with van der Waals surface area (Å²) in [6, 6.07) is 5.26. The van der Waals surface area contributed by atoms with Crippen molar-refractivity contribution >= 4 is 58.6 Å². The average molecular weight is 1390 g/mol. The molecule has 4 aliphatic heterocycles. The zero-order chi connectivity index (χ0) is 66.4. The molecule has 2 unspecified atom stereocenters. The molecule has 3 aliphatic carbocycles. The van der Waals surface area contributed by atoms with Gasteiger partial charge in [-0.25, -0.2) is 42.1 Å². The maximum atomic E-state index is 16.0. The van der Waals surface area contributed by atoms with Crippen LogP contribution in [0.15, 0.2) is 36.4 Å². The van der Waals surface area contributed by atoms with E-state index in [1.54, 1.807) is 84.9 Å². The minimum Gasteiger partial charge on any atom is -0.540 e. The number of rotatable bonds is 6. The van der Waals surface area contributed by atoms with Crippen LogP contribution in [-0.2, 0) is 87.1 Å². The van der Waals surface area contributed by atoms with Crippen molar-refractivity contribution in [2.24, 2.45) is 34.5 Å². The first-order valence-corrected chi connectivity index (χ1v) is 31.9. The molecule has 28 heteroatoms. The summed E-state index contributed by atoms with van der Waals surface area (Å²) in [4.78, 5) is 99.8. The second kappa shape index (κ2) is 29.3. The van der Waals surface area contributed by atoms with E-state index in [0.29, 0.717) is 55.0 Å². The van der Waals surface area contributed by atoms with Crippen molar-refractivity contribution in [1.82, 2.24) is 40.4 Å². The summed E-state index contributed by atoms with van der Waals surface area (Å²) in [6.45, 7) is 16.0. The molecule has 14 atom stereocenters. The quantitative estimate of drug-likeness (QED) is 0.134. The molecule has 2 radical (unpaired) electrons. The fraction of sp³-hybridized carbons (Fsp3) is 0.667. The number of ether oxygens (including phenoxy) is 8. The Bertz CT molecular complexity index is 3310. The molecule has 5 fully saturated rings. The van der Waals surface area contributed by atoms with Crippen LogP contribution in [-0.4, -0.2) is 167 Å². The minimum absolute atomic E-state index is 0. The van der Waals surface area contributed by atoms with Crippen molar-refractivity contribution in [3.63, 3.8) is 0 Å². The van der Waals surface area contributed by atoms with Gasteiger partial charge in [0.2, 0.25) is 23.6 Å². The molecule has 22 nitrogen and oxygen atoms in total. The molecule has 2 aromatic heterocycles.